The summed E-state index contributed by atoms with van der Waals surface area (Å²) in [7, 11) is 0. The number of nitrogens with zero attached hydrogens (tertiary/aromatic N) is 5. The highest BCUT2D eigenvalue weighted by atomic mass is 35.5. The molecule has 9 nitrogen and oxygen atoms in total. The number of carbonyl (C=O) groups is 2. The average Bonchev–Trinajstić information content (AvgIpc) is 3.04. The first-order valence-electron chi connectivity index (χ1n) is 10.0. The molecule has 2 aromatic rings. The van der Waals surface area contributed by atoms with Gasteiger partial charge in [0.05, 0.1) is 12.2 Å². The molecular weight excluding hydrogens is 410 g/mol. The number of hydrogen-bond acceptors (Lipinski definition) is 5. The van der Waals surface area contributed by atoms with E-state index in [1.165, 1.54) is 9.80 Å². The minimum absolute atomic E-state index is 0.161. The van der Waals surface area contributed by atoms with Gasteiger partial charge in [0.15, 0.2) is 5.65 Å². The predicted molar refractivity (Wildman–Crippen MR) is 113 cm³/mol. The molecule has 2 aromatic heterocycles. The number of amides is 2. The van der Waals surface area contributed by atoms with E-state index in [1.807, 2.05) is 13.8 Å². The molecule has 2 amide bonds. The van der Waals surface area contributed by atoms with Crippen molar-refractivity contribution in [3.8, 4) is 0 Å². The summed E-state index contributed by atoms with van der Waals surface area (Å²) in [6.45, 7) is 10.0. The van der Waals surface area contributed by atoms with Gasteiger partial charge >= 0.3 is 12.2 Å². The molecule has 0 aromatic carbocycles. The predicted octanol–water partition coefficient (Wildman–Crippen LogP) is 4.39. The van der Waals surface area contributed by atoms with Crippen molar-refractivity contribution < 1.29 is 19.4 Å². The Morgan fingerprint density at radius 2 is 2.07 bits per heavy atom. The zero-order valence-electron chi connectivity index (χ0n) is 17.9. The van der Waals surface area contributed by atoms with Gasteiger partial charge in [0.1, 0.15) is 16.6 Å². The van der Waals surface area contributed by atoms with Crippen LogP contribution in [-0.2, 0) is 4.74 Å². The number of piperidine rings is 1. The minimum atomic E-state index is -1.01. The maximum Gasteiger partial charge on any atom is 0.416 e. The van der Waals surface area contributed by atoms with E-state index in [0.717, 1.165) is 5.56 Å². The Kier molecular flexibility index (Phi) is 6.12. The van der Waals surface area contributed by atoms with Gasteiger partial charge in [-0.05, 0) is 39.5 Å². The highest BCUT2D eigenvalue weighted by Crippen LogP contribution is 2.30. The normalized spacial score (nSPS) is 17.4. The molecule has 1 aliphatic rings. The molecule has 3 heterocycles. The van der Waals surface area contributed by atoms with E-state index in [1.54, 1.807) is 37.5 Å². The van der Waals surface area contributed by atoms with Gasteiger partial charge in [0.2, 0.25) is 0 Å². The molecule has 1 aliphatic heterocycles. The molecular formula is C20H28ClN5O4. The number of halogens is 1. The number of carbonyl (C=O) groups excluding carboxylic acids is 1. The maximum absolute atomic E-state index is 13.3. The maximum atomic E-state index is 13.3. The first-order valence-corrected chi connectivity index (χ1v) is 10.4. The molecule has 0 spiro atoms. The number of likely N-dealkylation sites (tertiary alicyclic amines) is 1. The van der Waals surface area contributed by atoms with Crippen molar-refractivity contribution in [1.82, 2.24) is 19.5 Å². The fourth-order valence-corrected chi connectivity index (χ4v) is 3.77. The van der Waals surface area contributed by atoms with Gasteiger partial charge in [-0.3, -0.25) is 4.90 Å². The van der Waals surface area contributed by atoms with Crippen LogP contribution in [0.15, 0.2) is 12.3 Å². The number of hydrogen-bond donors (Lipinski definition) is 1. The summed E-state index contributed by atoms with van der Waals surface area (Å²) < 4.78 is 7.24. The van der Waals surface area contributed by atoms with Gasteiger partial charge in [0.25, 0.3) is 0 Å². The number of anilines is 1. The standard InChI is InChI=1S/C20H28ClN5O4/c1-12(2)14-10-22-26-16(9-15(21)23-17(14)26)25(19(29)30-20(3,4)5)13-7-6-8-24(11-13)18(27)28/h9-10,12-13H,6-8,11H2,1-5H3,(H,27,28)/t13-/m1/s1. The molecule has 1 N–H and O–H groups in total. The number of ether oxygens (including phenoxy) is 1. The first-order chi connectivity index (χ1) is 14.0. The molecule has 30 heavy (non-hydrogen) atoms. The molecule has 1 atom stereocenters. The molecule has 0 aliphatic carbocycles. The Bertz CT molecular complexity index is 953. The Hall–Kier alpha value is -2.55. The summed E-state index contributed by atoms with van der Waals surface area (Å²) in [4.78, 5) is 32.0. The van der Waals surface area contributed by atoms with Crippen molar-refractivity contribution in [2.75, 3.05) is 18.0 Å². The molecule has 0 saturated carbocycles. The van der Waals surface area contributed by atoms with Crippen LogP contribution in [0, 0.1) is 0 Å². The second-order valence-electron chi connectivity index (χ2n) is 8.80. The Labute approximate surface area is 180 Å². The molecule has 0 unspecified atom stereocenters. The van der Waals surface area contributed by atoms with Crippen molar-refractivity contribution in [3.63, 3.8) is 0 Å². The zero-order valence-corrected chi connectivity index (χ0v) is 18.7. The van der Waals surface area contributed by atoms with Crippen molar-refractivity contribution >= 4 is 35.3 Å². The van der Waals surface area contributed by atoms with E-state index in [9.17, 15) is 14.7 Å². The van der Waals surface area contributed by atoms with Gasteiger partial charge in [-0.25, -0.2) is 14.6 Å². The lowest BCUT2D eigenvalue weighted by molar-refractivity contribution is 0.0538. The van der Waals surface area contributed by atoms with Gasteiger partial charge < -0.3 is 14.7 Å². The quantitative estimate of drug-likeness (QED) is 0.714. The van der Waals surface area contributed by atoms with E-state index in [-0.39, 0.29) is 17.6 Å². The Balaban J connectivity index is 2.13. The Morgan fingerprint density at radius 3 is 2.67 bits per heavy atom. The van der Waals surface area contributed by atoms with E-state index in [2.05, 4.69) is 10.1 Å². The van der Waals surface area contributed by atoms with Gasteiger partial charge in [-0.1, -0.05) is 25.4 Å². The molecule has 164 valence electrons. The van der Waals surface area contributed by atoms with E-state index >= 15 is 0 Å². The summed E-state index contributed by atoms with van der Waals surface area (Å²) in [6.07, 6.45) is 1.38. The lowest BCUT2D eigenvalue weighted by Gasteiger charge is -2.38. The molecule has 1 saturated heterocycles. The van der Waals surface area contributed by atoms with E-state index < -0.39 is 23.8 Å². The van der Waals surface area contributed by atoms with Gasteiger partial charge in [0, 0.05) is 24.7 Å². The molecule has 0 radical (unpaired) electrons. The minimum Gasteiger partial charge on any atom is -0.465 e. The van der Waals surface area contributed by atoms with Gasteiger partial charge in [-0.2, -0.15) is 9.61 Å². The monoisotopic (exact) mass is 437 g/mol. The van der Waals surface area contributed by atoms with E-state index in [4.69, 9.17) is 16.3 Å². The van der Waals surface area contributed by atoms with Crippen LogP contribution in [0.3, 0.4) is 0 Å². The highest BCUT2D eigenvalue weighted by Gasteiger charge is 2.36. The van der Waals surface area contributed by atoms with E-state index in [0.29, 0.717) is 30.9 Å². The largest absolute Gasteiger partial charge is 0.465 e. The van der Waals surface area contributed by atoms with Crippen molar-refractivity contribution in [3.05, 3.63) is 23.0 Å². The van der Waals surface area contributed by atoms with Crippen molar-refractivity contribution in [1.29, 1.82) is 0 Å². The third-order valence-electron chi connectivity index (χ3n) is 4.94. The number of carboxylic acid groups (broad SMARTS) is 1. The topological polar surface area (TPSA) is 100 Å². The summed E-state index contributed by atoms with van der Waals surface area (Å²) >= 11 is 6.32. The smallest absolute Gasteiger partial charge is 0.416 e. The molecule has 10 heteroatoms. The lowest BCUT2D eigenvalue weighted by Crippen LogP contribution is -2.53. The fraction of sp³-hybridized carbons (Fsp3) is 0.600. The second-order valence-corrected chi connectivity index (χ2v) is 9.19. The number of aromatic nitrogens is 3. The van der Waals surface area contributed by atoms with Crippen LogP contribution in [0.4, 0.5) is 15.4 Å². The molecule has 0 bridgehead atoms. The lowest BCUT2D eigenvalue weighted by atomic mass is 10.0. The van der Waals surface area contributed by atoms with Crippen LogP contribution in [0.1, 0.15) is 58.9 Å². The van der Waals surface area contributed by atoms with Crippen molar-refractivity contribution in [2.24, 2.45) is 0 Å². The Morgan fingerprint density at radius 1 is 1.37 bits per heavy atom. The van der Waals surface area contributed by atoms with Crippen LogP contribution in [0.2, 0.25) is 5.15 Å². The zero-order chi connectivity index (χ0) is 22.2. The summed E-state index contributed by atoms with van der Waals surface area (Å²) in [5.41, 5.74) is 0.741. The van der Waals surface area contributed by atoms with Crippen LogP contribution in [-0.4, -0.2) is 61.5 Å². The van der Waals surface area contributed by atoms with Crippen LogP contribution < -0.4 is 4.90 Å². The summed E-state index contributed by atoms with van der Waals surface area (Å²) in [5, 5.41) is 14.1. The highest BCUT2D eigenvalue weighted by molar-refractivity contribution is 6.29. The van der Waals surface area contributed by atoms with Crippen molar-refractivity contribution in [2.45, 2.75) is 65.0 Å². The van der Waals surface area contributed by atoms with Gasteiger partial charge in [-0.15, -0.1) is 0 Å². The second kappa shape index (κ2) is 8.29. The SMILES string of the molecule is CC(C)c1cnn2c(N(C(=O)OC(C)(C)C)[C@@H]3CCCN(C(=O)O)C3)cc(Cl)nc12. The summed E-state index contributed by atoms with van der Waals surface area (Å²) in [5.74, 6) is 0.567. The number of rotatable bonds is 3. The number of fused-ring (bicyclic) bond motifs is 1. The first kappa shape index (κ1) is 22.1. The average molecular weight is 438 g/mol. The van der Waals surface area contributed by atoms with Crippen LogP contribution >= 0.6 is 11.6 Å². The molecule has 1 fully saturated rings. The third-order valence-corrected chi connectivity index (χ3v) is 5.13. The van der Waals surface area contributed by atoms with Crippen LogP contribution in [0.5, 0.6) is 0 Å². The fourth-order valence-electron chi connectivity index (χ4n) is 3.59. The molecule has 3 rings (SSSR count). The third kappa shape index (κ3) is 4.61. The van der Waals surface area contributed by atoms with Crippen LogP contribution in [0.25, 0.3) is 5.65 Å². The summed E-state index contributed by atoms with van der Waals surface area (Å²) in [6, 6.07) is 1.15.